The molecule has 1 heterocycles. The van der Waals surface area contributed by atoms with E-state index in [4.69, 9.17) is 4.74 Å². The molecule has 0 aliphatic carbocycles. The fourth-order valence-corrected chi connectivity index (χ4v) is 2.86. The van der Waals surface area contributed by atoms with Gasteiger partial charge in [-0.1, -0.05) is 0 Å². The summed E-state index contributed by atoms with van der Waals surface area (Å²) in [6.45, 7) is 1.79. The van der Waals surface area contributed by atoms with Crippen LogP contribution in [0.3, 0.4) is 0 Å². The Labute approximate surface area is 122 Å². The number of imide groups is 1. The Morgan fingerprint density at radius 1 is 1.42 bits per heavy atom. The number of halogens is 1. The Hall–Kier alpha value is -1.41. The molecule has 2 amide bonds. The van der Waals surface area contributed by atoms with Crippen LogP contribution in [0.1, 0.15) is 27.0 Å². The summed E-state index contributed by atoms with van der Waals surface area (Å²) < 4.78 is 9.75. The maximum atomic E-state index is 12.2. The van der Waals surface area contributed by atoms with E-state index in [2.05, 4.69) is 20.7 Å². The van der Waals surface area contributed by atoms with Gasteiger partial charge in [-0.25, -0.2) is 14.5 Å². The first-order chi connectivity index (χ1) is 8.93. The molecule has 104 valence electrons. The van der Waals surface area contributed by atoms with Crippen LogP contribution in [-0.2, 0) is 9.47 Å². The number of nitrogens with zero attached hydrogens (tertiary/aromatic N) is 1. The zero-order valence-corrected chi connectivity index (χ0v) is 13.0. The first-order valence-corrected chi connectivity index (χ1v) is 6.91. The monoisotopic (exact) mass is 349 g/mol. The smallest absolute Gasteiger partial charge is 0.416 e. The second-order valence-electron chi connectivity index (χ2n) is 3.34. The number of hydrogen-bond donors (Lipinski definition) is 0. The van der Waals surface area contributed by atoms with Crippen molar-refractivity contribution in [3.63, 3.8) is 0 Å². The van der Waals surface area contributed by atoms with E-state index < -0.39 is 18.0 Å². The van der Waals surface area contributed by atoms with Gasteiger partial charge in [0.25, 0.3) is 5.91 Å². The minimum absolute atomic E-state index is 0.0902. The highest BCUT2D eigenvalue weighted by Gasteiger charge is 2.28. The van der Waals surface area contributed by atoms with Crippen LogP contribution in [0, 0.1) is 0 Å². The highest BCUT2D eigenvalue weighted by atomic mass is 79.9. The number of ether oxygens (including phenoxy) is 2. The van der Waals surface area contributed by atoms with Crippen LogP contribution in [0.4, 0.5) is 4.79 Å². The molecule has 0 unspecified atom stereocenters. The van der Waals surface area contributed by atoms with Crippen molar-refractivity contribution in [3.05, 3.63) is 20.3 Å². The van der Waals surface area contributed by atoms with Gasteiger partial charge < -0.3 is 9.47 Å². The number of carbonyl (C=O) groups excluding carboxylic acids is 3. The van der Waals surface area contributed by atoms with Crippen molar-refractivity contribution >= 4 is 45.2 Å². The second-order valence-corrected chi connectivity index (χ2v) is 5.08. The fourth-order valence-electron chi connectivity index (χ4n) is 1.25. The van der Waals surface area contributed by atoms with Crippen LogP contribution in [-0.4, -0.2) is 43.6 Å². The van der Waals surface area contributed by atoms with Crippen molar-refractivity contribution in [2.24, 2.45) is 0 Å². The molecule has 0 atom stereocenters. The van der Waals surface area contributed by atoms with Crippen molar-refractivity contribution in [2.75, 3.05) is 20.8 Å². The summed E-state index contributed by atoms with van der Waals surface area (Å²) in [5.41, 5.74) is 0.0902. The number of thiophene rings is 1. The molecule has 6 nitrogen and oxygen atoms in total. The number of rotatable bonds is 3. The third-order valence-corrected chi connectivity index (χ3v) is 4.07. The maximum absolute atomic E-state index is 12.2. The summed E-state index contributed by atoms with van der Waals surface area (Å²) in [7, 11) is 2.50. The quantitative estimate of drug-likeness (QED) is 0.784. The molecule has 19 heavy (non-hydrogen) atoms. The Morgan fingerprint density at radius 3 is 2.58 bits per heavy atom. The molecular weight excluding hydrogens is 338 g/mol. The van der Waals surface area contributed by atoms with E-state index in [1.54, 1.807) is 12.3 Å². The summed E-state index contributed by atoms with van der Waals surface area (Å²) in [6.07, 6.45) is -0.776. The van der Waals surface area contributed by atoms with E-state index >= 15 is 0 Å². The summed E-state index contributed by atoms with van der Waals surface area (Å²) in [4.78, 5) is 36.2. The van der Waals surface area contributed by atoms with Gasteiger partial charge in [0, 0.05) is 16.9 Å². The van der Waals surface area contributed by atoms with Crippen molar-refractivity contribution in [3.8, 4) is 0 Å². The predicted octanol–water partition coefficient (Wildman–Crippen LogP) is 2.53. The van der Waals surface area contributed by atoms with Gasteiger partial charge in [0.05, 0.1) is 19.3 Å². The molecule has 0 fully saturated rings. The van der Waals surface area contributed by atoms with Gasteiger partial charge in [0.2, 0.25) is 0 Å². The van der Waals surface area contributed by atoms with Gasteiger partial charge in [-0.2, -0.15) is 0 Å². The molecule has 0 spiro atoms. The SMILES string of the molecule is CCOC(=O)N(C)C(=O)c1c(Br)csc1C(=O)OC. The summed E-state index contributed by atoms with van der Waals surface area (Å²) in [5.74, 6) is -1.26. The molecule has 0 aliphatic rings. The van der Waals surface area contributed by atoms with Crippen LogP contribution < -0.4 is 0 Å². The van der Waals surface area contributed by atoms with Crippen molar-refractivity contribution < 1.29 is 23.9 Å². The minimum Gasteiger partial charge on any atom is -0.465 e. The molecule has 0 aliphatic heterocycles. The van der Waals surface area contributed by atoms with Crippen LogP contribution in [0.5, 0.6) is 0 Å². The van der Waals surface area contributed by atoms with E-state index in [9.17, 15) is 14.4 Å². The fraction of sp³-hybridized carbons (Fsp3) is 0.364. The molecular formula is C11H12BrNO5S. The van der Waals surface area contributed by atoms with Crippen LogP contribution >= 0.6 is 27.3 Å². The number of amides is 2. The number of esters is 1. The Kier molecular flexibility index (Phi) is 5.49. The van der Waals surface area contributed by atoms with Crippen LogP contribution in [0.15, 0.2) is 9.85 Å². The van der Waals surface area contributed by atoms with Crippen molar-refractivity contribution in [2.45, 2.75) is 6.92 Å². The predicted molar refractivity (Wildman–Crippen MR) is 72.5 cm³/mol. The molecule has 0 saturated heterocycles. The van der Waals surface area contributed by atoms with Crippen molar-refractivity contribution in [1.29, 1.82) is 0 Å². The first-order valence-electron chi connectivity index (χ1n) is 5.24. The average molecular weight is 350 g/mol. The third kappa shape index (κ3) is 3.32. The Bertz CT molecular complexity index is 513. The van der Waals surface area contributed by atoms with Gasteiger partial charge in [0.1, 0.15) is 4.88 Å². The molecule has 0 N–H and O–H groups in total. The van der Waals surface area contributed by atoms with Gasteiger partial charge in [0.15, 0.2) is 0 Å². The molecule has 0 saturated carbocycles. The largest absolute Gasteiger partial charge is 0.465 e. The van der Waals surface area contributed by atoms with Gasteiger partial charge in [-0.05, 0) is 22.9 Å². The van der Waals surface area contributed by atoms with E-state index in [-0.39, 0.29) is 17.0 Å². The zero-order valence-electron chi connectivity index (χ0n) is 10.6. The average Bonchev–Trinajstić information content (AvgIpc) is 2.78. The summed E-state index contributed by atoms with van der Waals surface area (Å²) in [5, 5.41) is 1.58. The first kappa shape index (κ1) is 15.6. The zero-order chi connectivity index (χ0) is 14.6. The lowest BCUT2D eigenvalue weighted by molar-refractivity contribution is 0.0593. The lowest BCUT2D eigenvalue weighted by atomic mass is 10.2. The topological polar surface area (TPSA) is 72.9 Å². The number of methoxy groups -OCH3 is 1. The van der Waals surface area contributed by atoms with Gasteiger partial charge in [-0.15, -0.1) is 11.3 Å². The van der Waals surface area contributed by atoms with E-state index in [1.165, 1.54) is 14.2 Å². The highest BCUT2D eigenvalue weighted by molar-refractivity contribution is 9.10. The normalized spacial score (nSPS) is 9.89. The molecule has 1 aromatic heterocycles. The minimum atomic E-state index is -0.776. The number of carbonyl (C=O) groups is 3. The standard InChI is InChI=1S/C11H12BrNO5S/c1-4-18-11(16)13(2)9(14)7-6(12)5-19-8(7)10(15)17-3/h5H,4H2,1-3H3. The molecule has 1 rings (SSSR count). The maximum Gasteiger partial charge on any atom is 0.416 e. The molecule has 0 aromatic carbocycles. The Morgan fingerprint density at radius 2 is 2.05 bits per heavy atom. The lowest BCUT2D eigenvalue weighted by Crippen LogP contribution is -2.34. The second kappa shape index (κ2) is 6.67. The van der Waals surface area contributed by atoms with Crippen molar-refractivity contribution in [1.82, 2.24) is 4.90 Å². The van der Waals surface area contributed by atoms with Crippen LogP contribution in [0.25, 0.3) is 0 Å². The Balaban J connectivity index is 3.09. The highest BCUT2D eigenvalue weighted by Crippen LogP contribution is 2.29. The van der Waals surface area contributed by atoms with Crippen LogP contribution in [0.2, 0.25) is 0 Å². The van der Waals surface area contributed by atoms with Gasteiger partial charge in [-0.3, -0.25) is 4.79 Å². The summed E-state index contributed by atoms with van der Waals surface area (Å²) >= 11 is 4.23. The van der Waals surface area contributed by atoms with Gasteiger partial charge >= 0.3 is 12.1 Å². The van der Waals surface area contributed by atoms with E-state index in [0.29, 0.717) is 4.47 Å². The third-order valence-electron chi connectivity index (χ3n) is 2.18. The molecule has 8 heteroatoms. The number of hydrogen-bond acceptors (Lipinski definition) is 6. The summed E-state index contributed by atoms with van der Waals surface area (Å²) in [6, 6.07) is 0. The lowest BCUT2D eigenvalue weighted by Gasteiger charge is -2.15. The van der Waals surface area contributed by atoms with E-state index in [0.717, 1.165) is 16.2 Å². The van der Waals surface area contributed by atoms with E-state index in [1.807, 2.05) is 0 Å². The molecule has 0 radical (unpaired) electrons. The molecule has 1 aromatic rings. The molecule has 0 bridgehead atoms.